The quantitative estimate of drug-likeness (QED) is 0.860. The molecule has 2 aliphatic rings. The van der Waals surface area contributed by atoms with Crippen molar-refractivity contribution in [3.05, 3.63) is 35.4 Å². The molecule has 3 rings (SSSR count). The molecule has 4 nitrogen and oxygen atoms in total. The fraction of sp³-hybridized carbons (Fsp3) is 0.682. The molecule has 0 unspecified atom stereocenters. The number of carbonyl (C=O) groups excluding carboxylic acids is 1. The number of fused-ring (bicyclic) bond motifs is 1. The number of amides is 1. The summed E-state index contributed by atoms with van der Waals surface area (Å²) in [6, 6.07) is 9.13. The van der Waals surface area contributed by atoms with E-state index in [1.54, 1.807) is 0 Å². The van der Waals surface area contributed by atoms with Gasteiger partial charge in [0.1, 0.15) is 5.60 Å². The van der Waals surface area contributed by atoms with Crippen LogP contribution < -0.4 is 5.32 Å². The lowest BCUT2D eigenvalue weighted by Crippen LogP contribution is -2.41. The van der Waals surface area contributed by atoms with E-state index in [0.717, 1.165) is 25.3 Å². The van der Waals surface area contributed by atoms with Crippen LogP contribution in [-0.4, -0.2) is 35.7 Å². The Labute approximate surface area is 158 Å². The molecule has 4 heteroatoms. The van der Waals surface area contributed by atoms with E-state index >= 15 is 0 Å². The SMILES string of the molecule is CC(C)(C)OC(=O)NC1CCC(CCN2CCc3ccccc3C2)CC1. The van der Waals surface area contributed by atoms with Crippen molar-refractivity contribution in [1.82, 2.24) is 10.2 Å². The summed E-state index contributed by atoms with van der Waals surface area (Å²) in [5, 5.41) is 3.04. The van der Waals surface area contributed by atoms with E-state index in [-0.39, 0.29) is 12.1 Å². The maximum atomic E-state index is 11.9. The van der Waals surface area contributed by atoms with Crippen LogP contribution in [0.25, 0.3) is 0 Å². The summed E-state index contributed by atoms with van der Waals surface area (Å²) in [5.41, 5.74) is 2.61. The minimum absolute atomic E-state index is 0.270. The highest BCUT2D eigenvalue weighted by molar-refractivity contribution is 5.68. The second-order valence-corrected chi connectivity index (χ2v) is 8.95. The van der Waals surface area contributed by atoms with E-state index < -0.39 is 5.60 Å². The van der Waals surface area contributed by atoms with Crippen LogP contribution in [0.2, 0.25) is 0 Å². The average Bonchev–Trinajstić information content (AvgIpc) is 2.59. The number of carbonyl (C=O) groups is 1. The molecule has 144 valence electrons. The number of ether oxygens (including phenoxy) is 1. The second-order valence-electron chi connectivity index (χ2n) is 8.95. The van der Waals surface area contributed by atoms with Crippen LogP contribution in [0.3, 0.4) is 0 Å². The van der Waals surface area contributed by atoms with Crippen LogP contribution in [0.5, 0.6) is 0 Å². The number of hydrogen-bond acceptors (Lipinski definition) is 3. The zero-order valence-electron chi connectivity index (χ0n) is 16.6. The highest BCUT2D eigenvalue weighted by Gasteiger charge is 2.25. The van der Waals surface area contributed by atoms with Gasteiger partial charge in [-0.25, -0.2) is 4.79 Å². The molecule has 1 saturated carbocycles. The minimum atomic E-state index is -0.422. The Kier molecular flexibility index (Phi) is 6.23. The number of benzene rings is 1. The number of rotatable bonds is 4. The maximum absolute atomic E-state index is 11.9. The van der Waals surface area contributed by atoms with E-state index in [0.29, 0.717) is 0 Å². The first-order valence-electron chi connectivity index (χ1n) is 10.2. The van der Waals surface area contributed by atoms with Crippen LogP contribution in [0.1, 0.15) is 64.0 Å². The number of alkyl carbamates (subject to hydrolysis) is 1. The van der Waals surface area contributed by atoms with Gasteiger partial charge in [0.25, 0.3) is 0 Å². The molecule has 1 aliphatic heterocycles. The van der Waals surface area contributed by atoms with Crippen LogP contribution in [0.4, 0.5) is 4.79 Å². The lowest BCUT2D eigenvalue weighted by atomic mass is 9.84. The summed E-state index contributed by atoms with van der Waals surface area (Å²) < 4.78 is 5.37. The van der Waals surface area contributed by atoms with Crippen molar-refractivity contribution in [3.63, 3.8) is 0 Å². The third-order valence-electron chi connectivity index (χ3n) is 5.63. The third kappa shape index (κ3) is 5.73. The maximum Gasteiger partial charge on any atom is 0.407 e. The van der Waals surface area contributed by atoms with E-state index in [4.69, 9.17) is 4.74 Å². The van der Waals surface area contributed by atoms with Crippen LogP contribution in [0, 0.1) is 5.92 Å². The fourth-order valence-electron chi connectivity index (χ4n) is 4.18. The first-order valence-corrected chi connectivity index (χ1v) is 10.2. The lowest BCUT2D eigenvalue weighted by Gasteiger charge is -2.33. The Morgan fingerprint density at radius 1 is 1.15 bits per heavy atom. The van der Waals surface area contributed by atoms with Crippen molar-refractivity contribution in [2.24, 2.45) is 5.92 Å². The first-order chi connectivity index (χ1) is 12.4. The monoisotopic (exact) mass is 358 g/mol. The fourth-order valence-corrected chi connectivity index (χ4v) is 4.18. The van der Waals surface area contributed by atoms with E-state index in [1.807, 2.05) is 20.8 Å². The lowest BCUT2D eigenvalue weighted by molar-refractivity contribution is 0.0485. The van der Waals surface area contributed by atoms with Crippen molar-refractivity contribution in [1.29, 1.82) is 0 Å². The average molecular weight is 359 g/mol. The molecule has 0 aromatic heterocycles. The molecule has 1 aromatic rings. The summed E-state index contributed by atoms with van der Waals surface area (Å²) in [4.78, 5) is 14.5. The van der Waals surface area contributed by atoms with Gasteiger partial charge in [-0.05, 0) is 82.9 Å². The van der Waals surface area contributed by atoms with Gasteiger partial charge in [0.2, 0.25) is 0 Å². The van der Waals surface area contributed by atoms with E-state index in [2.05, 4.69) is 34.5 Å². The Hall–Kier alpha value is -1.55. The predicted octanol–water partition coefficient (Wildman–Crippen LogP) is 4.52. The van der Waals surface area contributed by atoms with Crippen molar-refractivity contribution >= 4 is 6.09 Å². The largest absolute Gasteiger partial charge is 0.444 e. The zero-order chi connectivity index (χ0) is 18.6. The standard InChI is InChI=1S/C22H34N2O2/c1-22(2,3)26-21(25)23-20-10-8-17(9-11-20)12-14-24-15-13-18-6-4-5-7-19(18)16-24/h4-7,17,20H,8-16H2,1-3H3,(H,23,25). The van der Waals surface area contributed by atoms with Gasteiger partial charge in [-0.2, -0.15) is 0 Å². The van der Waals surface area contributed by atoms with E-state index in [9.17, 15) is 4.79 Å². The highest BCUT2D eigenvalue weighted by Crippen LogP contribution is 2.28. The molecule has 26 heavy (non-hydrogen) atoms. The van der Waals surface area contributed by atoms with E-state index in [1.165, 1.54) is 49.9 Å². The zero-order valence-corrected chi connectivity index (χ0v) is 16.6. The minimum Gasteiger partial charge on any atom is -0.444 e. The smallest absolute Gasteiger partial charge is 0.407 e. The number of hydrogen-bond donors (Lipinski definition) is 1. The molecule has 1 amide bonds. The van der Waals surface area contributed by atoms with Gasteiger partial charge in [-0.15, -0.1) is 0 Å². The molecular weight excluding hydrogens is 324 g/mol. The number of nitrogens with zero attached hydrogens (tertiary/aromatic N) is 1. The number of nitrogens with one attached hydrogen (secondary N) is 1. The molecule has 0 bridgehead atoms. The van der Waals surface area contributed by atoms with Gasteiger partial charge < -0.3 is 10.1 Å². The Balaban J connectivity index is 1.35. The Morgan fingerprint density at radius 2 is 1.85 bits per heavy atom. The van der Waals surface area contributed by atoms with Gasteiger partial charge in [0.05, 0.1) is 0 Å². The summed E-state index contributed by atoms with van der Waals surface area (Å²) in [6.07, 6.45) is 6.77. The van der Waals surface area contributed by atoms with Gasteiger partial charge in [-0.1, -0.05) is 24.3 Å². The van der Waals surface area contributed by atoms with Crippen LogP contribution in [0.15, 0.2) is 24.3 Å². The van der Waals surface area contributed by atoms with Crippen molar-refractivity contribution in [2.45, 2.75) is 77.5 Å². The summed E-state index contributed by atoms with van der Waals surface area (Å²) >= 11 is 0. The summed E-state index contributed by atoms with van der Waals surface area (Å²) in [5.74, 6) is 0.795. The molecule has 1 heterocycles. The van der Waals surface area contributed by atoms with Crippen molar-refractivity contribution < 1.29 is 9.53 Å². The third-order valence-corrected chi connectivity index (χ3v) is 5.63. The molecule has 0 saturated heterocycles. The molecular formula is C22H34N2O2. The van der Waals surface area contributed by atoms with Gasteiger partial charge in [-0.3, -0.25) is 4.90 Å². The predicted molar refractivity (Wildman–Crippen MR) is 105 cm³/mol. The molecule has 1 aliphatic carbocycles. The van der Waals surface area contributed by atoms with Crippen molar-refractivity contribution in [3.8, 4) is 0 Å². The van der Waals surface area contributed by atoms with Crippen molar-refractivity contribution in [2.75, 3.05) is 13.1 Å². The van der Waals surface area contributed by atoms with Gasteiger partial charge in [0.15, 0.2) is 0 Å². The van der Waals surface area contributed by atoms with Gasteiger partial charge in [0, 0.05) is 19.1 Å². The summed E-state index contributed by atoms with van der Waals surface area (Å²) in [7, 11) is 0. The molecule has 0 atom stereocenters. The first kappa shape index (κ1) is 19.2. The Morgan fingerprint density at radius 3 is 2.54 bits per heavy atom. The second kappa shape index (κ2) is 8.43. The van der Waals surface area contributed by atoms with Crippen LogP contribution >= 0.6 is 0 Å². The Bertz CT molecular complexity index is 600. The highest BCUT2D eigenvalue weighted by atomic mass is 16.6. The topological polar surface area (TPSA) is 41.6 Å². The van der Waals surface area contributed by atoms with Gasteiger partial charge >= 0.3 is 6.09 Å². The summed E-state index contributed by atoms with van der Waals surface area (Å²) in [6.45, 7) is 9.20. The molecule has 0 radical (unpaired) electrons. The molecule has 1 aromatic carbocycles. The molecule has 1 fully saturated rings. The normalized spacial score (nSPS) is 24.0. The molecule has 0 spiro atoms. The molecule has 1 N–H and O–H groups in total. The van der Waals surface area contributed by atoms with Crippen LogP contribution in [-0.2, 0) is 17.7 Å².